The number of benzene rings is 2. The van der Waals surface area contributed by atoms with Gasteiger partial charge in [0.05, 0.1) is 12.9 Å². The van der Waals surface area contributed by atoms with Gasteiger partial charge in [0.2, 0.25) is 0 Å². The number of aromatic nitrogens is 4. The summed E-state index contributed by atoms with van der Waals surface area (Å²) in [7, 11) is -10.2. The highest BCUT2D eigenvalue weighted by molar-refractivity contribution is 7.63. The van der Waals surface area contributed by atoms with Gasteiger partial charge in [0, 0.05) is 0 Å². The molecule has 1 fully saturated rings. The first-order chi connectivity index (χ1) is 21.8. The number of aryl methyl sites for hydroxylation is 1. The third-order valence-electron chi connectivity index (χ3n) is 6.64. The van der Waals surface area contributed by atoms with E-state index < -0.39 is 58.8 Å². The molecule has 2 aromatic carbocycles. The van der Waals surface area contributed by atoms with Crippen LogP contribution in [0.5, 0.6) is 5.75 Å². The molecule has 3 unspecified atom stereocenters. The summed E-state index contributed by atoms with van der Waals surface area (Å²) >= 11 is 0. The molecule has 0 spiro atoms. The van der Waals surface area contributed by atoms with E-state index in [0.29, 0.717) is 5.56 Å². The number of rotatable bonds is 13. The summed E-state index contributed by atoms with van der Waals surface area (Å²) in [4.78, 5) is 35.5. The van der Waals surface area contributed by atoms with E-state index in [2.05, 4.69) is 20.0 Å². The third-order valence-corrected chi connectivity index (χ3v) is 9.95. The molecule has 4 aromatic rings. The largest absolute Gasteiger partial charge is 0.481 e. The number of nitrogen functional groups attached to an aromatic ring is 1. The van der Waals surface area contributed by atoms with Gasteiger partial charge in [0.1, 0.15) is 41.9 Å². The number of carbonyl (C=O) groups is 1. The number of imidazole rings is 1. The standard InChI is InChI=1S/C27H31FN6O10P2/c1-16(27(36)40-13-18-9-5-3-6-10-18)33-45(37,43-19-11-7-4-8-12-19)44-46(38,39)41-14-20-23(35)21(28)26(42-20)34-15-30-22-24(29)31-17(2)32-25(22)34/h3-12,15-16,20-21,23,26,35H,13-14H2,1-2H3,(H,33,37)(H,38,39)(H2,29,31,32)/t16-,20+,21?,23-,26+,45?/m0/s1. The average molecular weight is 681 g/mol. The molecule has 16 nitrogen and oxygen atoms in total. The van der Waals surface area contributed by atoms with Crippen LogP contribution in [0.2, 0.25) is 0 Å². The molecular formula is C27H31FN6O10P2. The molecule has 2 aromatic heterocycles. The van der Waals surface area contributed by atoms with Crippen LogP contribution in [-0.4, -0.2) is 66.5 Å². The minimum absolute atomic E-state index is 0.0342. The Kier molecular flexibility index (Phi) is 10.2. The summed E-state index contributed by atoms with van der Waals surface area (Å²) in [6.07, 6.45) is -5.61. The van der Waals surface area contributed by atoms with E-state index >= 15 is 4.39 Å². The predicted octanol–water partition coefficient (Wildman–Crippen LogP) is 3.36. The fourth-order valence-corrected chi connectivity index (χ4v) is 7.42. The number of nitrogens with zero attached hydrogens (tertiary/aromatic N) is 4. The SMILES string of the molecule is Cc1nc(N)c2ncn([C@@H]3O[C@H](COP(=O)(O)OP(=O)(N[C@@H](C)C(=O)OCc4ccccc4)Oc4ccccc4)[C@H](O)C3F)c2n1. The number of para-hydroxylation sites is 1. The van der Waals surface area contributed by atoms with Crippen molar-refractivity contribution in [3.63, 3.8) is 0 Å². The highest BCUT2D eigenvalue weighted by Gasteiger charge is 2.48. The van der Waals surface area contributed by atoms with Crippen LogP contribution in [0.1, 0.15) is 24.5 Å². The number of hydrogen-bond donors (Lipinski definition) is 4. The minimum atomic E-state index is -5.30. The molecule has 7 atom stereocenters. The third kappa shape index (κ3) is 7.94. The maximum absolute atomic E-state index is 15.2. The van der Waals surface area contributed by atoms with Gasteiger partial charge < -0.3 is 29.7 Å². The molecular weight excluding hydrogens is 649 g/mol. The Morgan fingerprint density at radius 2 is 1.83 bits per heavy atom. The Morgan fingerprint density at radius 1 is 1.15 bits per heavy atom. The van der Waals surface area contributed by atoms with Gasteiger partial charge in [-0.1, -0.05) is 48.5 Å². The molecule has 46 heavy (non-hydrogen) atoms. The lowest BCUT2D eigenvalue weighted by atomic mass is 10.1. The van der Waals surface area contributed by atoms with Gasteiger partial charge in [-0.3, -0.25) is 13.9 Å². The zero-order valence-corrected chi connectivity index (χ0v) is 26.2. The monoisotopic (exact) mass is 680 g/mol. The number of aliphatic hydroxyl groups excluding tert-OH is 1. The smallest absolute Gasteiger partial charge is 0.460 e. The van der Waals surface area contributed by atoms with Crippen LogP contribution in [0.3, 0.4) is 0 Å². The van der Waals surface area contributed by atoms with Crippen molar-refractivity contribution in [1.82, 2.24) is 24.6 Å². The maximum Gasteiger partial charge on any atom is 0.481 e. The Bertz CT molecular complexity index is 1770. The van der Waals surface area contributed by atoms with Crippen molar-refractivity contribution in [2.45, 2.75) is 51.1 Å². The van der Waals surface area contributed by atoms with Crippen molar-refractivity contribution in [2.24, 2.45) is 0 Å². The number of ether oxygens (including phenoxy) is 2. The van der Waals surface area contributed by atoms with E-state index in [1.54, 1.807) is 55.5 Å². The second-order valence-electron chi connectivity index (χ2n) is 10.2. The molecule has 1 aliphatic rings. The average Bonchev–Trinajstić information content (AvgIpc) is 3.55. The predicted molar refractivity (Wildman–Crippen MR) is 160 cm³/mol. The van der Waals surface area contributed by atoms with Gasteiger partial charge in [-0.25, -0.2) is 28.5 Å². The summed E-state index contributed by atoms with van der Waals surface area (Å²) in [5, 5.41) is 12.8. The van der Waals surface area contributed by atoms with Crippen LogP contribution < -0.4 is 15.3 Å². The number of hydrogen-bond acceptors (Lipinski definition) is 13. The second-order valence-corrected chi connectivity index (χ2v) is 13.5. The van der Waals surface area contributed by atoms with Gasteiger partial charge in [-0.2, -0.15) is 9.40 Å². The van der Waals surface area contributed by atoms with Crippen molar-refractivity contribution < 1.29 is 51.1 Å². The van der Waals surface area contributed by atoms with Crippen LogP contribution in [0, 0.1) is 6.92 Å². The first-order valence-electron chi connectivity index (χ1n) is 13.8. The summed E-state index contributed by atoms with van der Waals surface area (Å²) < 4.78 is 69.3. The number of nitrogens with two attached hydrogens (primary N) is 1. The minimum Gasteiger partial charge on any atom is -0.460 e. The topological polar surface area (TPSA) is 219 Å². The number of halogens is 1. The Labute approximate surface area is 261 Å². The number of anilines is 1. The summed E-state index contributed by atoms with van der Waals surface area (Å²) in [5.74, 6) is -0.556. The van der Waals surface area contributed by atoms with Crippen molar-refractivity contribution in [2.75, 3.05) is 12.3 Å². The molecule has 0 saturated carbocycles. The molecule has 1 saturated heterocycles. The van der Waals surface area contributed by atoms with Crippen LogP contribution in [0.4, 0.5) is 10.2 Å². The molecule has 5 N–H and O–H groups in total. The van der Waals surface area contributed by atoms with E-state index in [-0.39, 0.29) is 35.2 Å². The molecule has 1 aliphatic heterocycles. The first kappa shape index (κ1) is 33.6. The zero-order valence-electron chi connectivity index (χ0n) is 24.5. The Morgan fingerprint density at radius 3 is 2.52 bits per heavy atom. The number of esters is 1. The van der Waals surface area contributed by atoms with E-state index in [1.807, 2.05) is 0 Å². The van der Waals surface area contributed by atoms with Gasteiger partial charge in [-0.05, 0) is 31.5 Å². The number of fused-ring (bicyclic) bond motifs is 1. The van der Waals surface area contributed by atoms with Crippen molar-refractivity contribution in [1.29, 1.82) is 0 Å². The number of alkyl halides is 1. The molecule has 0 bridgehead atoms. The maximum atomic E-state index is 15.2. The lowest BCUT2D eigenvalue weighted by Crippen LogP contribution is -2.35. The molecule has 0 radical (unpaired) electrons. The number of carbonyl (C=O) groups excluding carboxylic acids is 1. The number of aliphatic hydroxyl groups is 1. The van der Waals surface area contributed by atoms with Crippen LogP contribution in [0.15, 0.2) is 67.0 Å². The summed E-state index contributed by atoms with van der Waals surface area (Å²) in [5.41, 5.74) is 6.89. The van der Waals surface area contributed by atoms with E-state index in [9.17, 15) is 23.9 Å². The molecule has 246 valence electrons. The van der Waals surface area contributed by atoms with Crippen LogP contribution in [-0.2, 0) is 38.8 Å². The Balaban J connectivity index is 1.26. The highest BCUT2D eigenvalue weighted by atomic mass is 31.3. The number of phosphoric acid groups is 1. The van der Waals surface area contributed by atoms with E-state index in [4.69, 9.17) is 28.6 Å². The highest BCUT2D eigenvalue weighted by Crippen LogP contribution is 2.60. The van der Waals surface area contributed by atoms with Crippen LogP contribution in [0.25, 0.3) is 11.2 Å². The van der Waals surface area contributed by atoms with Gasteiger partial charge in [-0.15, -0.1) is 0 Å². The lowest BCUT2D eigenvalue weighted by Gasteiger charge is -2.24. The molecule has 5 rings (SSSR count). The fraction of sp³-hybridized carbons (Fsp3) is 0.333. The van der Waals surface area contributed by atoms with E-state index in [0.717, 1.165) is 0 Å². The van der Waals surface area contributed by atoms with Gasteiger partial charge in [0.25, 0.3) is 0 Å². The number of phosphoric ester groups is 1. The van der Waals surface area contributed by atoms with Gasteiger partial charge in [0.15, 0.2) is 23.9 Å². The molecule has 19 heteroatoms. The van der Waals surface area contributed by atoms with Crippen LogP contribution >= 0.6 is 15.6 Å². The first-order valence-corrected chi connectivity index (χ1v) is 16.8. The molecule has 0 aliphatic carbocycles. The van der Waals surface area contributed by atoms with Crippen molar-refractivity contribution >= 4 is 38.5 Å². The normalized spacial score (nSPS) is 23.0. The summed E-state index contributed by atoms with van der Waals surface area (Å²) in [6, 6.07) is 14.9. The zero-order chi connectivity index (χ0) is 33.1. The second kappa shape index (κ2) is 13.9. The van der Waals surface area contributed by atoms with E-state index in [1.165, 1.54) is 30.0 Å². The molecule has 0 amide bonds. The fourth-order valence-electron chi connectivity index (χ4n) is 4.46. The molecule has 3 heterocycles. The van der Waals surface area contributed by atoms with Crippen molar-refractivity contribution in [3.05, 3.63) is 78.4 Å². The summed E-state index contributed by atoms with van der Waals surface area (Å²) in [6.45, 7) is 1.88. The Hall–Kier alpha value is -3.79. The lowest BCUT2D eigenvalue weighted by molar-refractivity contribution is -0.146. The number of nitrogens with one attached hydrogen (secondary N) is 1. The quantitative estimate of drug-likeness (QED) is 0.118. The van der Waals surface area contributed by atoms with Crippen molar-refractivity contribution in [3.8, 4) is 5.75 Å². The van der Waals surface area contributed by atoms with Gasteiger partial charge >= 0.3 is 21.5 Å².